The van der Waals surface area contributed by atoms with Gasteiger partial charge in [-0.3, -0.25) is 0 Å². The van der Waals surface area contributed by atoms with Crippen molar-refractivity contribution in [2.45, 2.75) is 58.5 Å². The summed E-state index contributed by atoms with van der Waals surface area (Å²) in [5, 5.41) is 10.6. The summed E-state index contributed by atoms with van der Waals surface area (Å²) in [6.07, 6.45) is 5.19. The van der Waals surface area contributed by atoms with Gasteiger partial charge in [-0.15, -0.1) is 0 Å². The second-order valence-corrected chi connectivity index (χ2v) is 26.3. The maximum atomic E-state index is 10.6. The average molecular weight is 630 g/mol. The molecule has 2 saturated carbocycles. The van der Waals surface area contributed by atoms with Gasteiger partial charge in [-0.25, -0.2) is 0 Å². The van der Waals surface area contributed by atoms with Crippen LogP contribution >= 0.6 is 28.6 Å². The van der Waals surface area contributed by atoms with E-state index < -0.39 is 5.60 Å². The van der Waals surface area contributed by atoms with Crippen molar-refractivity contribution in [1.29, 1.82) is 0 Å². The molecule has 1 N–H and O–H groups in total. The van der Waals surface area contributed by atoms with Crippen LogP contribution in [0, 0.1) is 48.8 Å². The molecule has 0 saturated heterocycles. The Bertz CT molecular complexity index is 296. The van der Waals surface area contributed by atoms with Gasteiger partial charge in [0.05, 0.1) is 12.2 Å². The Morgan fingerprint density at radius 1 is 1.32 bits per heavy atom. The zero-order chi connectivity index (χ0) is 14.7. The van der Waals surface area contributed by atoms with E-state index in [0.29, 0.717) is 5.92 Å². The van der Waals surface area contributed by atoms with E-state index in [-0.39, 0.29) is 36.3 Å². The summed E-state index contributed by atoms with van der Waals surface area (Å²) in [6.45, 7) is 8.89. The van der Waals surface area contributed by atoms with Gasteiger partial charge in [0, 0.05) is 7.11 Å². The summed E-state index contributed by atoms with van der Waals surface area (Å²) >= 11 is 5.07. The van der Waals surface area contributed by atoms with Gasteiger partial charge in [0.25, 0.3) is 0 Å². The van der Waals surface area contributed by atoms with E-state index in [2.05, 4.69) is 49.3 Å². The van der Waals surface area contributed by atoms with Crippen LogP contribution in [-0.4, -0.2) is 17.8 Å². The van der Waals surface area contributed by atoms with Gasteiger partial charge >= 0.3 is 54.0 Å². The number of hydrogen-bond donors (Lipinski definition) is 1. The molecule has 2 aliphatic rings. The first kappa shape index (κ1) is 19.8. The molecule has 0 spiro atoms. The van der Waals surface area contributed by atoms with Crippen molar-refractivity contribution >= 4 is 28.6 Å². The Morgan fingerprint density at radius 2 is 1.89 bits per heavy atom. The van der Waals surface area contributed by atoms with Gasteiger partial charge in [-0.1, -0.05) is 27.2 Å². The minimum absolute atomic E-state index is 0.190. The fourth-order valence-electron chi connectivity index (χ4n) is 4.13. The molecule has 1 radical (unpaired) electrons. The zero-order valence-corrected chi connectivity index (χ0v) is 19.1. The number of methoxy groups -OCH3 is 1. The first-order valence-electron chi connectivity index (χ1n) is 6.72. The Kier molecular flexibility index (Phi) is 8.33. The first-order chi connectivity index (χ1) is 8.74. The van der Waals surface area contributed by atoms with Crippen LogP contribution in [0.15, 0.2) is 0 Å². The third kappa shape index (κ3) is 4.60. The van der Waals surface area contributed by atoms with Crippen molar-refractivity contribution in [3.05, 3.63) is 6.61 Å². The van der Waals surface area contributed by atoms with E-state index in [1.165, 1.54) is 6.42 Å². The summed E-state index contributed by atoms with van der Waals surface area (Å²) in [6, 6.07) is 0. The Hall–Kier alpha value is 2.72. The summed E-state index contributed by atoms with van der Waals surface area (Å²) < 4.78 is 5.26. The van der Waals surface area contributed by atoms with Gasteiger partial charge in [0.1, 0.15) is 0 Å². The van der Waals surface area contributed by atoms with E-state index in [0.717, 1.165) is 25.7 Å². The van der Waals surface area contributed by atoms with Gasteiger partial charge in [-0.05, 0) is 42.4 Å². The van der Waals surface area contributed by atoms with Gasteiger partial charge in [0.15, 0.2) is 0 Å². The summed E-state index contributed by atoms with van der Waals surface area (Å²) in [4.78, 5) is 0. The molecule has 0 heterocycles. The molecule has 113 valence electrons. The molecule has 2 aliphatic carbocycles. The van der Waals surface area contributed by atoms with Crippen molar-refractivity contribution in [2.24, 2.45) is 16.7 Å². The standard InChI is InChI=1S/C14H25O2.2HI.Sm/c1-12(2,3)14-7-5-6-13(15,10-14)8-11(14)9-16-4;;;/h9,11,15H,5-8,10H2,1-4H3;2*1H;/q;;;+2/p-2. The summed E-state index contributed by atoms with van der Waals surface area (Å²) in [5.41, 5.74) is 0.0405. The Balaban J connectivity index is 0.000000550. The van der Waals surface area contributed by atoms with Crippen LogP contribution in [0.4, 0.5) is 0 Å². The number of fused-ring (bicyclic) bond motifs is 2. The summed E-state index contributed by atoms with van der Waals surface area (Å²) in [7, 11) is 1.72. The third-order valence-electron chi connectivity index (χ3n) is 5.01. The molecule has 3 atom stereocenters. The Morgan fingerprint density at radius 3 is 2.37 bits per heavy atom. The van der Waals surface area contributed by atoms with Crippen LogP contribution in [0.3, 0.4) is 0 Å². The molecule has 0 aromatic rings. The molecular formula is C14H25I2O2Sm. The van der Waals surface area contributed by atoms with Crippen molar-refractivity contribution in [1.82, 2.24) is 0 Å². The molecule has 3 unspecified atom stereocenters. The molecule has 5 heteroatoms. The van der Waals surface area contributed by atoms with E-state index in [9.17, 15) is 5.11 Å². The normalized spacial score (nSPS) is 37.7. The van der Waals surface area contributed by atoms with Crippen molar-refractivity contribution < 1.29 is 35.3 Å². The van der Waals surface area contributed by atoms with Gasteiger partial charge in [-0.2, -0.15) is 0 Å². The predicted molar refractivity (Wildman–Crippen MR) is 92.8 cm³/mol. The molecule has 2 nitrogen and oxygen atoms in total. The molecule has 2 fully saturated rings. The van der Waals surface area contributed by atoms with E-state index in [4.69, 9.17) is 4.74 Å². The maximum absolute atomic E-state index is 10.6. The number of ether oxygens (including phenoxy) is 1. The van der Waals surface area contributed by atoms with Gasteiger partial charge in [0.2, 0.25) is 0 Å². The molecule has 0 aromatic heterocycles. The average Bonchev–Trinajstić information content (AvgIpc) is 2.47. The number of hydrogen-bond acceptors (Lipinski definition) is 2. The van der Waals surface area contributed by atoms with Crippen LogP contribution in [-0.2, 0) is 4.74 Å². The Labute approximate surface area is 150 Å². The molecule has 2 bridgehead atoms. The van der Waals surface area contributed by atoms with Crippen LogP contribution in [0.25, 0.3) is 0 Å². The molecular weight excluding hydrogens is 604 g/mol. The topological polar surface area (TPSA) is 29.5 Å². The second-order valence-electron chi connectivity index (χ2n) is 6.90. The van der Waals surface area contributed by atoms with Crippen LogP contribution in [0.2, 0.25) is 0 Å². The van der Waals surface area contributed by atoms with E-state index in [1.54, 1.807) is 7.11 Å². The second kappa shape index (κ2) is 8.01. The number of aliphatic hydroxyl groups is 1. The SMILES string of the molecule is CO[CH]C1CC2(O)CCCC1(C(C)(C)C)C2.[I][Sm][I]. The fourth-order valence-corrected chi connectivity index (χ4v) is 4.13. The van der Waals surface area contributed by atoms with E-state index in [1.807, 2.05) is 6.61 Å². The van der Waals surface area contributed by atoms with Gasteiger partial charge < -0.3 is 9.84 Å². The monoisotopic (exact) mass is 631 g/mol. The van der Waals surface area contributed by atoms with E-state index >= 15 is 0 Å². The fraction of sp³-hybridized carbons (Fsp3) is 0.929. The van der Waals surface area contributed by atoms with Crippen molar-refractivity contribution in [3.63, 3.8) is 0 Å². The molecule has 0 amide bonds. The number of halogens is 2. The van der Waals surface area contributed by atoms with Crippen LogP contribution in [0.1, 0.15) is 52.9 Å². The first-order valence-corrected chi connectivity index (χ1v) is 21.8. The zero-order valence-electron chi connectivity index (χ0n) is 12.2. The quantitative estimate of drug-likeness (QED) is 0.440. The van der Waals surface area contributed by atoms with Crippen LogP contribution < -0.4 is 0 Å². The van der Waals surface area contributed by atoms with Crippen LogP contribution in [0.5, 0.6) is 0 Å². The molecule has 0 aliphatic heterocycles. The molecule has 19 heavy (non-hydrogen) atoms. The van der Waals surface area contributed by atoms with Crippen molar-refractivity contribution in [2.75, 3.05) is 7.11 Å². The number of rotatable bonds is 2. The molecule has 2 rings (SSSR count). The summed E-state index contributed by atoms with van der Waals surface area (Å²) in [5.74, 6) is 0.407. The predicted octanol–water partition coefficient (Wildman–Crippen LogP) is 4.92. The van der Waals surface area contributed by atoms with Crippen molar-refractivity contribution in [3.8, 4) is 0 Å². The third-order valence-corrected chi connectivity index (χ3v) is 5.01. The molecule has 0 aromatic carbocycles. The minimum atomic E-state index is -0.425.